The van der Waals surface area contributed by atoms with Crippen molar-refractivity contribution in [1.29, 1.82) is 0 Å². The van der Waals surface area contributed by atoms with Crippen LogP contribution in [0.3, 0.4) is 0 Å². The van der Waals surface area contributed by atoms with Gasteiger partial charge in [-0.1, -0.05) is 12.1 Å². The lowest BCUT2D eigenvalue weighted by Crippen LogP contribution is -2.18. The molecule has 1 amide bonds. The van der Waals surface area contributed by atoms with Crippen LogP contribution < -0.4 is 15.2 Å². The number of nitrogens with zero attached hydrogens (tertiary/aromatic N) is 3. The molecule has 1 aromatic heterocycles. The number of carbonyl (C=O) groups is 1. The van der Waals surface area contributed by atoms with Gasteiger partial charge < -0.3 is 15.2 Å². The van der Waals surface area contributed by atoms with Crippen molar-refractivity contribution in [3.05, 3.63) is 71.9 Å². The Labute approximate surface area is 177 Å². The molecule has 0 unspecified atom stereocenters. The lowest BCUT2D eigenvalue weighted by Gasteiger charge is -2.14. The topological polar surface area (TPSA) is 82.6 Å². The molecule has 4 rings (SSSR count). The van der Waals surface area contributed by atoms with Crippen molar-refractivity contribution in [2.45, 2.75) is 19.4 Å². The van der Waals surface area contributed by atoms with Crippen LogP contribution in [0.2, 0.25) is 0 Å². The molecule has 2 aromatic carbocycles. The largest absolute Gasteiger partial charge is 0.480 e. The summed E-state index contributed by atoms with van der Waals surface area (Å²) in [5.74, 6) is 1.71. The molecule has 1 aliphatic heterocycles. The standard InChI is InChI=1S/C18H20N2O2.C5H8N2O/c19-18(21)15-5-9-17(10-6-15)22-16-7-3-14(4-8-16)13-20-11-1-2-12-20;1-7-4-3-5(6-7)8-2/h3-10H,1-2,11-13H2,(H2,19,21);3-4H,1-2H3. The van der Waals surface area contributed by atoms with Crippen molar-refractivity contribution in [1.82, 2.24) is 14.7 Å². The summed E-state index contributed by atoms with van der Waals surface area (Å²) in [6, 6.07) is 16.8. The number of likely N-dealkylation sites (tertiary alicyclic amines) is 1. The Balaban J connectivity index is 0.000000269. The molecule has 158 valence electrons. The summed E-state index contributed by atoms with van der Waals surface area (Å²) in [7, 11) is 3.45. The van der Waals surface area contributed by atoms with Gasteiger partial charge in [-0.25, -0.2) is 0 Å². The fraction of sp³-hybridized carbons (Fsp3) is 0.304. The van der Waals surface area contributed by atoms with Crippen LogP contribution in [0.5, 0.6) is 17.4 Å². The van der Waals surface area contributed by atoms with Gasteiger partial charge in [0.15, 0.2) is 0 Å². The van der Waals surface area contributed by atoms with Crippen molar-refractivity contribution >= 4 is 5.91 Å². The highest BCUT2D eigenvalue weighted by atomic mass is 16.5. The van der Waals surface area contributed by atoms with Crippen molar-refractivity contribution in [2.75, 3.05) is 20.2 Å². The summed E-state index contributed by atoms with van der Waals surface area (Å²) in [4.78, 5) is 13.5. The van der Waals surface area contributed by atoms with Crippen LogP contribution in [0.1, 0.15) is 28.8 Å². The van der Waals surface area contributed by atoms with Crippen LogP contribution >= 0.6 is 0 Å². The molecule has 0 radical (unpaired) electrons. The zero-order valence-corrected chi connectivity index (χ0v) is 17.5. The third-order valence-corrected chi connectivity index (χ3v) is 4.80. The normalized spacial score (nSPS) is 13.4. The molecule has 7 nitrogen and oxygen atoms in total. The average molecular weight is 409 g/mol. The van der Waals surface area contributed by atoms with Gasteiger partial charge in [-0.15, -0.1) is 5.10 Å². The van der Waals surface area contributed by atoms with Gasteiger partial charge in [-0.3, -0.25) is 14.4 Å². The Morgan fingerprint density at radius 3 is 2.07 bits per heavy atom. The highest BCUT2D eigenvalue weighted by Crippen LogP contribution is 2.23. The third kappa shape index (κ3) is 6.35. The molecule has 2 N–H and O–H groups in total. The van der Waals surface area contributed by atoms with Crippen molar-refractivity contribution in [3.63, 3.8) is 0 Å². The molecule has 2 heterocycles. The minimum atomic E-state index is -0.433. The van der Waals surface area contributed by atoms with E-state index in [0.717, 1.165) is 12.3 Å². The Hall–Kier alpha value is -3.32. The van der Waals surface area contributed by atoms with Gasteiger partial charge >= 0.3 is 0 Å². The zero-order chi connectivity index (χ0) is 21.3. The van der Waals surface area contributed by atoms with Gasteiger partial charge in [-0.2, -0.15) is 0 Å². The molecule has 7 heteroatoms. The predicted molar refractivity (Wildman–Crippen MR) is 116 cm³/mol. The van der Waals surface area contributed by atoms with E-state index >= 15 is 0 Å². The van der Waals surface area contributed by atoms with E-state index in [-0.39, 0.29) is 0 Å². The molecule has 3 aromatic rings. The second kappa shape index (κ2) is 10.5. The summed E-state index contributed by atoms with van der Waals surface area (Å²) in [5.41, 5.74) is 7.00. The summed E-state index contributed by atoms with van der Waals surface area (Å²) >= 11 is 0. The number of hydrogen-bond donors (Lipinski definition) is 1. The van der Waals surface area contributed by atoms with E-state index in [0.29, 0.717) is 17.2 Å². The van der Waals surface area contributed by atoms with Gasteiger partial charge in [-0.05, 0) is 67.9 Å². The molecule has 0 saturated carbocycles. The van der Waals surface area contributed by atoms with E-state index in [1.54, 1.807) is 42.1 Å². The van der Waals surface area contributed by atoms with Crippen LogP contribution in [0.25, 0.3) is 0 Å². The number of aromatic nitrogens is 2. The molecule has 30 heavy (non-hydrogen) atoms. The van der Waals surface area contributed by atoms with E-state index < -0.39 is 5.91 Å². The van der Waals surface area contributed by atoms with Crippen LogP contribution in [-0.4, -0.2) is 40.8 Å². The quantitative estimate of drug-likeness (QED) is 0.674. The number of nitrogens with two attached hydrogens (primary N) is 1. The van der Waals surface area contributed by atoms with Gasteiger partial charge in [0.2, 0.25) is 11.8 Å². The molecular weight excluding hydrogens is 380 g/mol. The number of ether oxygens (including phenoxy) is 2. The lowest BCUT2D eigenvalue weighted by atomic mass is 10.2. The number of primary amides is 1. The number of aryl methyl sites for hydroxylation is 1. The van der Waals surface area contributed by atoms with Crippen molar-refractivity contribution in [2.24, 2.45) is 12.8 Å². The molecule has 1 fully saturated rings. The lowest BCUT2D eigenvalue weighted by molar-refractivity contribution is 0.100. The first-order valence-electron chi connectivity index (χ1n) is 9.96. The number of amides is 1. The molecule has 1 aliphatic rings. The first kappa shape index (κ1) is 21.4. The smallest absolute Gasteiger partial charge is 0.248 e. The van der Waals surface area contributed by atoms with Crippen LogP contribution in [0, 0.1) is 0 Å². The maximum atomic E-state index is 11.0. The third-order valence-electron chi connectivity index (χ3n) is 4.80. The maximum Gasteiger partial charge on any atom is 0.248 e. The minimum Gasteiger partial charge on any atom is -0.480 e. The van der Waals surface area contributed by atoms with Crippen LogP contribution in [0.4, 0.5) is 0 Å². The summed E-state index contributed by atoms with van der Waals surface area (Å²) < 4.78 is 12.3. The van der Waals surface area contributed by atoms with E-state index in [4.69, 9.17) is 15.2 Å². The molecule has 1 saturated heterocycles. The second-order valence-corrected chi connectivity index (χ2v) is 7.15. The summed E-state index contributed by atoms with van der Waals surface area (Å²) in [6.45, 7) is 3.41. The van der Waals surface area contributed by atoms with Crippen LogP contribution in [0.15, 0.2) is 60.8 Å². The monoisotopic (exact) mass is 408 g/mol. The number of hydrogen-bond acceptors (Lipinski definition) is 5. The zero-order valence-electron chi connectivity index (χ0n) is 17.5. The highest BCUT2D eigenvalue weighted by Gasteiger charge is 2.11. The van der Waals surface area contributed by atoms with Crippen molar-refractivity contribution < 1.29 is 14.3 Å². The van der Waals surface area contributed by atoms with E-state index in [9.17, 15) is 4.79 Å². The summed E-state index contributed by atoms with van der Waals surface area (Å²) in [5, 5.41) is 3.92. The Bertz CT molecular complexity index is 930. The van der Waals surface area contributed by atoms with E-state index in [1.807, 2.05) is 25.4 Å². The Morgan fingerprint density at radius 1 is 1.00 bits per heavy atom. The number of carbonyl (C=O) groups excluding carboxylic acids is 1. The molecular formula is C23H28N4O3. The number of rotatable bonds is 6. The average Bonchev–Trinajstić information content (AvgIpc) is 3.42. The molecule has 0 spiro atoms. The highest BCUT2D eigenvalue weighted by molar-refractivity contribution is 5.92. The first-order valence-corrected chi connectivity index (χ1v) is 9.96. The number of methoxy groups -OCH3 is 1. The van der Waals surface area contributed by atoms with Crippen LogP contribution in [-0.2, 0) is 13.6 Å². The second-order valence-electron chi connectivity index (χ2n) is 7.15. The Kier molecular flexibility index (Phi) is 7.45. The molecule has 0 atom stereocenters. The Morgan fingerprint density at radius 2 is 1.60 bits per heavy atom. The number of benzene rings is 2. The fourth-order valence-electron chi connectivity index (χ4n) is 3.19. The molecule has 0 aliphatic carbocycles. The van der Waals surface area contributed by atoms with Gasteiger partial charge in [0.25, 0.3) is 0 Å². The van der Waals surface area contributed by atoms with Gasteiger partial charge in [0.05, 0.1) is 7.11 Å². The molecule has 0 bridgehead atoms. The van der Waals surface area contributed by atoms with E-state index in [2.05, 4.69) is 22.1 Å². The summed E-state index contributed by atoms with van der Waals surface area (Å²) in [6.07, 6.45) is 4.45. The predicted octanol–water partition coefficient (Wildman–Crippen LogP) is 3.60. The maximum absolute atomic E-state index is 11.0. The van der Waals surface area contributed by atoms with Crippen molar-refractivity contribution in [3.8, 4) is 17.4 Å². The fourth-order valence-corrected chi connectivity index (χ4v) is 3.19. The van der Waals surface area contributed by atoms with Gasteiger partial charge in [0.1, 0.15) is 11.5 Å². The SMILES string of the molecule is COc1ccn(C)n1.NC(=O)c1ccc(Oc2ccc(CN3CCCC3)cc2)cc1. The minimum absolute atomic E-state index is 0.433. The first-order chi connectivity index (χ1) is 14.5. The van der Waals surface area contributed by atoms with Gasteiger partial charge in [0, 0.05) is 31.4 Å². The van der Waals surface area contributed by atoms with E-state index in [1.165, 1.54) is 31.5 Å².